The van der Waals surface area contributed by atoms with Gasteiger partial charge in [0.25, 0.3) is 5.78 Å². The molecule has 1 aliphatic carbocycles. The minimum Gasteiger partial charge on any atom is -0.497 e. The number of ether oxygens (including phenoxy) is 1. The molecule has 0 atom stereocenters. The number of ketones is 2. The highest BCUT2D eigenvalue weighted by Crippen LogP contribution is 2.34. The fourth-order valence-electron chi connectivity index (χ4n) is 2.96. The molecule has 0 fully saturated rings. The van der Waals surface area contributed by atoms with E-state index in [-0.39, 0.29) is 5.69 Å². The lowest BCUT2D eigenvalue weighted by Crippen LogP contribution is -2.20. The Morgan fingerprint density at radius 1 is 0.920 bits per heavy atom. The summed E-state index contributed by atoms with van der Waals surface area (Å²) < 4.78 is 11.0. The van der Waals surface area contributed by atoms with Crippen LogP contribution < -0.4 is 4.74 Å². The molecule has 0 bridgehead atoms. The van der Waals surface area contributed by atoms with Gasteiger partial charge in [-0.05, 0) is 24.1 Å². The van der Waals surface area contributed by atoms with Gasteiger partial charge in [-0.15, -0.1) is 0 Å². The molecule has 0 unspecified atom stereocenters. The first kappa shape index (κ1) is 15.3. The molecule has 0 amide bonds. The molecule has 0 N–H and O–H groups in total. The highest BCUT2D eigenvalue weighted by Gasteiger charge is 2.34. The van der Waals surface area contributed by atoms with Gasteiger partial charge in [-0.3, -0.25) is 9.59 Å². The van der Waals surface area contributed by atoms with Crippen LogP contribution in [-0.4, -0.2) is 23.7 Å². The summed E-state index contributed by atoms with van der Waals surface area (Å²) in [5.41, 5.74) is 2.23. The number of methoxy groups -OCH3 is 1. The van der Waals surface area contributed by atoms with E-state index in [1.165, 1.54) is 0 Å². The zero-order chi connectivity index (χ0) is 17.4. The summed E-state index contributed by atoms with van der Waals surface area (Å²) in [6, 6.07) is 14.7. The van der Waals surface area contributed by atoms with E-state index in [9.17, 15) is 9.59 Å². The molecule has 2 aromatic carbocycles. The Morgan fingerprint density at radius 2 is 1.64 bits per heavy atom. The van der Waals surface area contributed by atoms with Crippen LogP contribution in [0.2, 0.25) is 0 Å². The van der Waals surface area contributed by atoms with E-state index in [4.69, 9.17) is 9.15 Å². The Morgan fingerprint density at radius 3 is 2.36 bits per heavy atom. The van der Waals surface area contributed by atoms with Crippen LogP contribution in [0.3, 0.4) is 0 Å². The molecule has 1 heterocycles. The van der Waals surface area contributed by atoms with E-state index in [2.05, 4.69) is 4.98 Å². The van der Waals surface area contributed by atoms with Gasteiger partial charge in [0.1, 0.15) is 5.75 Å². The number of aromatic nitrogens is 1. The maximum Gasteiger partial charge on any atom is 0.255 e. The number of oxazole rings is 1. The van der Waals surface area contributed by atoms with Crippen LogP contribution >= 0.6 is 0 Å². The molecule has 1 aliphatic rings. The number of carbonyl (C=O) groups excluding carboxylic acids is 2. The smallest absolute Gasteiger partial charge is 0.255 e. The standard InChI is InChI=1S/C20H15NO4/c1-24-13-9-6-12(7-10-13)8-11-16-21-17-19(23)18(22)14-4-2-3-5-15(14)20(17)25-16/h2-7,9-10H,8,11H2,1H3. The predicted octanol–water partition coefficient (Wildman–Crippen LogP) is 3.51. The van der Waals surface area contributed by atoms with Crippen LogP contribution in [-0.2, 0) is 12.8 Å². The Balaban J connectivity index is 1.61. The van der Waals surface area contributed by atoms with Gasteiger partial charge in [-0.25, -0.2) is 4.98 Å². The van der Waals surface area contributed by atoms with Crippen LogP contribution in [0.5, 0.6) is 5.75 Å². The predicted molar refractivity (Wildman–Crippen MR) is 91.0 cm³/mol. The van der Waals surface area contributed by atoms with Crippen LogP contribution in [0.4, 0.5) is 0 Å². The van der Waals surface area contributed by atoms with Gasteiger partial charge in [-0.2, -0.15) is 0 Å². The first-order chi connectivity index (χ1) is 12.2. The maximum absolute atomic E-state index is 12.3. The maximum atomic E-state index is 12.3. The second-order valence-electron chi connectivity index (χ2n) is 5.84. The third-order valence-electron chi connectivity index (χ3n) is 4.30. The molecule has 0 radical (unpaired) electrons. The van der Waals surface area contributed by atoms with Crippen molar-refractivity contribution in [3.8, 4) is 17.1 Å². The van der Waals surface area contributed by atoms with E-state index in [0.717, 1.165) is 11.3 Å². The first-order valence-electron chi connectivity index (χ1n) is 7.98. The van der Waals surface area contributed by atoms with Crippen molar-refractivity contribution in [2.45, 2.75) is 12.8 Å². The highest BCUT2D eigenvalue weighted by molar-refractivity contribution is 6.52. The topological polar surface area (TPSA) is 69.4 Å². The number of Topliss-reactive ketones (excluding diaryl/α,β-unsaturated/α-hetero) is 2. The third kappa shape index (κ3) is 2.63. The minimum absolute atomic E-state index is 0.119. The summed E-state index contributed by atoms with van der Waals surface area (Å²) in [6.07, 6.45) is 1.26. The number of aryl methyl sites for hydroxylation is 2. The zero-order valence-corrected chi connectivity index (χ0v) is 13.6. The van der Waals surface area contributed by atoms with Gasteiger partial charge < -0.3 is 9.15 Å². The lowest BCUT2D eigenvalue weighted by atomic mass is 9.91. The number of fused-ring (bicyclic) bond motifs is 3. The quantitative estimate of drug-likeness (QED) is 0.683. The molecule has 5 heteroatoms. The van der Waals surface area contributed by atoms with E-state index < -0.39 is 11.6 Å². The molecule has 0 spiro atoms. The molecular formula is C20H15NO4. The van der Waals surface area contributed by atoms with Crippen molar-refractivity contribution in [2.75, 3.05) is 7.11 Å². The first-order valence-corrected chi connectivity index (χ1v) is 7.98. The van der Waals surface area contributed by atoms with E-state index in [0.29, 0.717) is 35.6 Å². The van der Waals surface area contributed by atoms with E-state index in [1.807, 2.05) is 30.3 Å². The molecule has 4 rings (SSSR count). The Labute approximate surface area is 144 Å². The van der Waals surface area contributed by atoms with Crippen molar-refractivity contribution >= 4 is 11.6 Å². The Kier molecular flexibility index (Phi) is 3.69. The number of hydrogen-bond donors (Lipinski definition) is 0. The number of carbonyl (C=O) groups is 2. The second-order valence-corrected chi connectivity index (χ2v) is 5.84. The van der Waals surface area contributed by atoms with E-state index in [1.54, 1.807) is 25.3 Å². The average Bonchev–Trinajstić information content (AvgIpc) is 3.09. The van der Waals surface area contributed by atoms with Crippen molar-refractivity contribution in [3.05, 3.63) is 71.2 Å². The highest BCUT2D eigenvalue weighted by atomic mass is 16.5. The monoisotopic (exact) mass is 333 g/mol. The SMILES string of the molecule is COc1ccc(CCc2nc3c(o2)-c2ccccc2C(=O)C3=O)cc1. The summed E-state index contributed by atoms with van der Waals surface area (Å²) in [5.74, 6) is 0.519. The summed E-state index contributed by atoms with van der Waals surface area (Å²) in [5, 5.41) is 0. The largest absolute Gasteiger partial charge is 0.497 e. The number of benzene rings is 2. The summed E-state index contributed by atoms with van der Waals surface area (Å²) in [4.78, 5) is 28.7. The molecule has 5 nitrogen and oxygen atoms in total. The molecule has 124 valence electrons. The van der Waals surface area contributed by atoms with Crippen LogP contribution in [0.1, 0.15) is 32.3 Å². The Bertz CT molecular complexity index is 970. The lowest BCUT2D eigenvalue weighted by molar-refractivity contribution is 0.0812. The molecule has 1 aromatic heterocycles. The molecule has 0 aliphatic heterocycles. The van der Waals surface area contributed by atoms with Crippen LogP contribution in [0.25, 0.3) is 11.3 Å². The van der Waals surface area contributed by atoms with Crippen molar-refractivity contribution in [1.82, 2.24) is 4.98 Å². The van der Waals surface area contributed by atoms with Gasteiger partial charge >= 0.3 is 0 Å². The summed E-state index contributed by atoms with van der Waals surface area (Å²) >= 11 is 0. The zero-order valence-electron chi connectivity index (χ0n) is 13.6. The van der Waals surface area contributed by atoms with Gasteiger partial charge in [0.2, 0.25) is 5.78 Å². The summed E-state index contributed by atoms with van der Waals surface area (Å²) in [7, 11) is 1.63. The number of rotatable bonds is 4. The second kappa shape index (κ2) is 6.02. The Hall–Kier alpha value is -3.21. The fraction of sp³-hybridized carbons (Fsp3) is 0.150. The van der Waals surface area contributed by atoms with Crippen LogP contribution in [0.15, 0.2) is 52.9 Å². The molecular weight excluding hydrogens is 318 g/mol. The summed E-state index contributed by atoms with van der Waals surface area (Å²) in [6.45, 7) is 0. The normalized spacial score (nSPS) is 12.7. The lowest BCUT2D eigenvalue weighted by Gasteiger charge is -2.10. The van der Waals surface area contributed by atoms with Gasteiger partial charge in [0.15, 0.2) is 17.3 Å². The molecule has 0 saturated carbocycles. The van der Waals surface area contributed by atoms with E-state index >= 15 is 0 Å². The average molecular weight is 333 g/mol. The van der Waals surface area contributed by atoms with Crippen LogP contribution in [0, 0.1) is 0 Å². The fourth-order valence-corrected chi connectivity index (χ4v) is 2.96. The van der Waals surface area contributed by atoms with Crippen molar-refractivity contribution in [1.29, 1.82) is 0 Å². The molecule has 3 aromatic rings. The van der Waals surface area contributed by atoms with Crippen molar-refractivity contribution < 1.29 is 18.7 Å². The van der Waals surface area contributed by atoms with Crippen molar-refractivity contribution in [2.24, 2.45) is 0 Å². The van der Waals surface area contributed by atoms with Crippen molar-refractivity contribution in [3.63, 3.8) is 0 Å². The van der Waals surface area contributed by atoms with Gasteiger partial charge in [-0.1, -0.05) is 36.4 Å². The molecule has 25 heavy (non-hydrogen) atoms. The third-order valence-corrected chi connectivity index (χ3v) is 4.30. The number of nitrogens with zero attached hydrogens (tertiary/aromatic N) is 1. The molecule has 0 saturated heterocycles. The van der Waals surface area contributed by atoms with Gasteiger partial charge in [0, 0.05) is 17.5 Å². The van der Waals surface area contributed by atoms with Gasteiger partial charge in [0.05, 0.1) is 7.11 Å². The minimum atomic E-state index is -0.604. The number of hydrogen-bond acceptors (Lipinski definition) is 5.